The third-order valence-corrected chi connectivity index (χ3v) is 3.30. The Balaban J connectivity index is 2.42. The second kappa shape index (κ2) is 4.16. The molecule has 0 saturated heterocycles. The average molecular weight is 240 g/mol. The van der Waals surface area contributed by atoms with Crippen LogP contribution in [0.5, 0.6) is 0 Å². The van der Waals surface area contributed by atoms with Crippen molar-refractivity contribution in [3.8, 4) is 10.6 Å². The highest BCUT2D eigenvalue weighted by atomic mass is 35.5. The minimum Gasteiger partial charge on any atom is -0.371 e. The molecule has 2 aromatic heterocycles. The second-order valence-corrected chi connectivity index (χ2v) is 4.83. The lowest BCUT2D eigenvalue weighted by Gasteiger charge is -2.03. The van der Waals surface area contributed by atoms with Gasteiger partial charge in [-0.15, -0.1) is 21.5 Å². The Bertz CT molecular complexity index is 481. The Kier molecular flexibility index (Phi) is 2.88. The van der Waals surface area contributed by atoms with Crippen molar-refractivity contribution in [1.29, 1.82) is 0 Å². The summed E-state index contributed by atoms with van der Waals surface area (Å²) < 4.78 is 0.766. The van der Waals surface area contributed by atoms with Crippen molar-refractivity contribution in [2.24, 2.45) is 0 Å². The number of nitrogens with zero attached hydrogens (tertiary/aromatic N) is 2. The maximum atomic E-state index is 5.87. The summed E-state index contributed by atoms with van der Waals surface area (Å²) in [7, 11) is 1.83. The quantitative estimate of drug-likeness (QED) is 0.875. The molecule has 0 aliphatic rings. The molecule has 0 bridgehead atoms. The molecule has 0 atom stereocenters. The lowest BCUT2D eigenvalue weighted by molar-refractivity contribution is 1.02. The molecule has 0 unspecified atom stereocenters. The third-order valence-electron chi connectivity index (χ3n) is 2.05. The molecule has 5 heteroatoms. The van der Waals surface area contributed by atoms with Crippen LogP contribution >= 0.6 is 22.9 Å². The van der Waals surface area contributed by atoms with Gasteiger partial charge in [-0.3, -0.25) is 0 Å². The first kappa shape index (κ1) is 10.4. The van der Waals surface area contributed by atoms with E-state index in [-0.39, 0.29) is 0 Å². The third kappa shape index (κ3) is 2.11. The van der Waals surface area contributed by atoms with Gasteiger partial charge in [-0.1, -0.05) is 11.6 Å². The van der Waals surface area contributed by atoms with Crippen LogP contribution in [0, 0.1) is 6.92 Å². The van der Waals surface area contributed by atoms with Crippen LogP contribution in [0.25, 0.3) is 10.6 Å². The summed E-state index contributed by atoms with van der Waals surface area (Å²) in [5.74, 6) is 0.807. The van der Waals surface area contributed by atoms with E-state index in [9.17, 15) is 0 Å². The fraction of sp³-hybridized carbons (Fsp3) is 0.200. The van der Waals surface area contributed by atoms with Gasteiger partial charge >= 0.3 is 0 Å². The van der Waals surface area contributed by atoms with Crippen LogP contribution in [-0.4, -0.2) is 17.2 Å². The Morgan fingerprint density at radius 3 is 2.67 bits per heavy atom. The van der Waals surface area contributed by atoms with E-state index in [4.69, 9.17) is 11.6 Å². The lowest BCUT2D eigenvalue weighted by Crippen LogP contribution is -1.98. The van der Waals surface area contributed by atoms with E-state index < -0.39 is 0 Å². The second-order valence-electron chi connectivity index (χ2n) is 3.11. The fourth-order valence-corrected chi connectivity index (χ4v) is 2.30. The van der Waals surface area contributed by atoms with Gasteiger partial charge in [-0.2, -0.15) is 0 Å². The summed E-state index contributed by atoms with van der Waals surface area (Å²) in [6.45, 7) is 2.00. The van der Waals surface area contributed by atoms with Crippen LogP contribution in [-0.2, 0) is 0 Å². The van der Waals surface area contributed by atoms with E-state index in [1.54, 1.807) is 0 Å². The first-order valence-electron chi connectivity index (χ1n) is 4.48. The normalized spacial score (nSPS) is 10.3. The SMILES string of the molecule is CNc1nnc(-c2ccc(Cl)s2)cc1C. The van der Waals surface area contributed by atoms with E-state index in [1.807, 2.05) is 32.2 Å². The van der Waals surface area contributed by atoms with Gasteiger partial charge in [0.15, 0.2) is 5.82 Å². The van der Waals surface area contributed by atoms with Crippen molar-refractivity contribution in [3.05, 3.63) is 28.1 Å². The first-order valence-corrected chi connectivity index (χ1v) is 5.68. The topological polar surface area (TPSA) is 37.8 Å². The summed E-state index contributed by atoms with van der Waals surface area (Å²) in [6.07, 6.45) is 0. The highest BCUT2D eigenvalue weighted by Gasteiger charge is 2.06. The molecular formula is C10H10ClN3S. The van der Waals surface area contributed by atoms with Crippen molar-refractivity contribution in [2.45, 2.75) is 6.92 Å². The Hall–Kier alpha value is -1.13. The van der Waals surface area contributed by atoms with Crippen molar-refractivity contribution in [2.75, 3.05) is 12.4 Å². The number of thiophene rings is 1. The number of aryl methyl sites for hydroxylation is 1. The van der Waals surface area contributed by atoms with Crippen LogP contribution in [0.4, 0.5) is 5.82 Å². The molecule has 1 N–H and O–H groups in total. The largest absolute Gasteiger partial charge is 0.371 e. The monoisotopic (exact) mass is 239 g/mol. The fourth-order valence-electron chi connectivity index (χ4n) is 1.30. The van der Waals surface area contributed by atoms with Gasteiger partial charge in [0.2, 0.25) is 0 Å². The van der Waals surface area contributed by atoms with Crippen molar-refractivity contribution in [3.63, 3.8) is 0 Å². The van der Waals surface area contributed by atoms with Gasteiger partial charge in [0.05, 0.1) is 9.21 Å². The summed E-state index contributed by atoms with van der Waals surface area (Å²) in [6, 6.07) is 5.82. The van der Waals surface area contributed by atoms with E-state index >= 15 is 0 Å². The predicted molar refractivity (Wildman–Crippen MR) is 64.6 cm³/mol. The molecule has 0 amide bonds. The van der Waals surface area contributed by atoms with Gasteiger partial charge in [-0.25, -0.2) is 0 Å². The van der Waals surface area contributed by atoms with Crippen LogP contribution in [0.3, 0.4) is 0 Å². The molecule has 3 nitrogen and oxygen atoms in total. The van der Waals surface area contributed by atoms with E-state index in [0.717, 1.165) is 26.3 Å². The summed E-state index contributed by atoms with van der Waals surface area (Å²) in [5, 5.41) is 11.2. The smallest absolute Gasteiger partial charge is 0.151 e. The van der Waals surface area contributed by atoms with Crippen LogP contribution in [0.1, 0.15) is 5.56 Å². The molecule has 0 spiro atoms. The molecule has 0 fully saturated rings. The van der Waals surface area contributed by atoms with Gasteiger partial charge < -0.3 is 5.32 Å². The molecule has 2 aromatic rings. The molecule has 0 aromatic carbocycles. The highest BCUT2D eigenvalue weighted by molar-refractivity contribution is 7.19. The van der Waals surface area contributed by atoms with Crippen molar-refractivity contribution >= 4 is 28.8 Å². The molecule has 78 valence electrons. The number of hydrogen-bond donors (Lipinski definition) is 1. The Labute approximate surface area is 97.1 Å². The van der Waals surface area contributed by atoms with Gasteiger partial charge in [0, 0.05) is 7.05 Å². The van der Waals surface area contributed by atoms with Gasteiger partial charge in [0.25, 0.3) is 0 Å². The molecular weight excluding hydrogens is 230 g/mol. The Morgan fingerprint density at radius 1 is 1.33 bits per heavy atom. The minimum atomic E-state index is 0.766. The van der Waals surface area contributed by atoms with Crippen LogP contribution < -0.4 is 5.32 Å². The average Bonchev–Trinajstić information content (AvgIpc) is 2.65. The Morgan fingerprint density at radius 2 is 2.13 bits per heavy atom. The van der Waals surface area contributed by atoms with Crippen LogP contribution in [0.2, 0.25) is 4.34 Å². The number of halogens is 1. The predicted octanol–water partition coefficient (Wildman–Crippen LogP) is 3.21. The number of hydrogen-bond acceptors (Lipinski definition) is 4. The maximum absolute atomic E-state index is 5.87. The zero-order chi connectivity index (χ0) is 10.8. The summed E-state index contributed by atoms with van der Waals surface area (Å²) in [4.78, 5) is 1.04. The standard InChI is InChI=1S/C10H10ClN3S/c1-6-5-7(13-14-10(6)12-2)8-3-4-9(11)15-8/h3-5H,1-2H3,(H,12,14). The summed E-state index contributed by atoms with van der Waals surface area (Å²) in [5.41, 5.74) is 1.94. The maximum Gasteiger partial charge on any atom is 0.151 e. The van der Waals surface area contributed by atoms with Crippen LogP contribution in [0.15, 0.2) is 18.2 Å². The number of aromatic nitrogens is 2. The van der Waals surface area contributed by atoms with E-state index in [1.165, 1.54) is 11.3 Å². The highest BCUT2D eigenvalue weighted by Crippen LogP contribution is 2.30. The van der Waals surface area contributed by atoms with E-state index in [0.29, 0.717) is 0 Å². The lowest BCUT2D eigenvalue weighted by atomic mass is 10.2. The van der Waals surface area contributed by atoms with Gasteiger partial charge in [0.1, 0.15) is 5.69 Å². The molecule has 0 saturated carbocycles. The zero-order valence-corrected chi connectivity index (χ0v) is 9.99. The van der Waals surface area contributed by atoms with Gasteiger partial charge in [-0.05, 0) is 30.7 Å². The molecule has 2 rings (SSSR count). The van der Waals surface area contributed by atoms with E-state index in [2.05, 4.69) is 15.5 Å². The minimum absolute atomic E-state index is 0.766. The number of rotatable bonds is 2. The molecule has 0 radical (unpaired) electrons. The number of anilines is 1. The summed E-state index contributed by atoms with van der Waals surface area (Å²) >= 11 is 7.37. The zero-order valence-electron chi connectivity index (χ0n) is 8.41. The molecule has 2 heterocycles. The molecule has 15 heavy (non-hydrogen) atoms. The van der Waals surface area contributed by atoms with Crippen molar-refractivity contribution < 1.29 is 0 Å². The molecule has 0 aliphatic heterocycles. The molecule has 0 aliphatic carbocycles. The number of nitrogens with one attached hydrogen (secondary N) is 1. The van der Waals surface area contributed by atoms with Crippen molar-refractivity contribution in [1.82, 2.24) is 10.2 Å². The first-order chi connectivity index (χ1) is 7.20.